The Kier molecular flexibility index (Phi) is 19.8. The van der Waals surface area contributed by atoms with E-state index in [2.05, 4.69) is 47.0 Å². The van der Waals surface area contributed by atoms with E-state index in [1.807, 2.05) is 30.3 Å². The van der Waals surface area contributed by atoms with E-state index in [9.17, 15) is 19.2 Å². The van der Waals surface area contributed by atoms with Crippen molar-refractivity contribution in [3.05, 3.63) is 100 Å². The fourth-order valence-electron chi connectivity index (χ4n) is 6.05. The number of para-hydroxylation sites is 1. The lowest BCUT2D eigenvalue weighted by molar-refractivity contribution is 0.0196. The third-order valence-corrected chi connectivity index (χ3v) is 9.52. The molecule has 0 radical (unpaired) electrons. The molecule has 4 N–H and O–H groups in total. The van der Waals surface area contributed by atoms with Crippen LogP contribution in [0.3, 0.4) is 0 Å². The second-order valence-electron chi connectivity index (χ2n) is 13.0. The number of methoxy groups -OCH3 is 1. The number of hydrogen-bond acceptors (Lipinski definition) is 10. The minimum atomic E-state index is -0.379. The molecule has 1 heterocycles. The maximum absolute atomic E-state index is 13.7. The molecular formula is C41H55BrN6O8. The number of nitrogens with zero attached hydrogens (tertiary/aromatic N) is 2. The van der Waals surface area contributed by atoms with Crippen LogP contribution in [0, 0.1) is 6.92 Å². The maximum Gasteiger partial charge on any atom is 0.255 e. The number of carbonyl (C=O) groups excluding carboxylic acids is 4. The van der Waals surface area contributed by atoms with E-state index in [0.717, 1.165) is 5.56 Å². The smallest absolute Gasteiger partial charge is 0.255 e. The highest BCUT2D eigenvalue weighted by molar-refractivity contribution is 9.09. The highest BCUT2D eigenvalue weighted by atomic mass is 79.9. The number of carbonyl (C=O) groups is 4. The molecule has 0 saturated carbocycles. The number of halogens is 1. The normalized spacial score (nSPS) is 15.9. The molecule has 0 unspecified atom stereocenters. The summed E-state index contributed by atoms with van der Waals surface area (Å²) in [7, 11) is 1.62. The molecule has 1 aliphatic heterocycles. The monoisotopic (exact) mass is 838 g/mol. The van der Waals surface area contributed by atoms with Crippen molar-refractivity contribution in [3.63, 3.8) is 0 Å². The van der Waals surface area contributed by atoms with Crippen LogP contribution >= 0.6 is 15.9 Å². The predicted octanol–water partition coefficient (Wildman–Crippen LogP) is 2.89. The molecule has 3 aromatic carbocycles. The molecule has 0 aliphatic carbocycles. The summed E-state index contributed by atoms with van der Waals surface area (Å²) in [5.41, 5.74) is 2.83. The quantitative estimate of drug-likeness (QED) is 0.141. The summed E-state index contributed by atoms with van der Waals surface area (Å²) in [5, 5.41) is 12.7. The van der Waals surface area contributed by atoms with Crippen molar-refractivity contribution in [2.75, 3.05) is 111 Å². The molecule has 0 fully saturated rings. The van der Waals surface area contributed by atoms with Gasteiger partial charge in [0.1, 0.15) is 12.4 Å². The first kappa shape index (κ1) is 44.3. The SMILES string of the molecule is COCCOCCOCCN1CCNC(=O)c2cccc(c2C)C(=O)NCCN(CCBr)CCNC(=O)c2cccc(c2OCc2ccccc2)C(=O)NCC1. The summed E-state index contributed by atoms with van der Waals surface area (Å²) in [6.07, 6.45) is 0. The number of rotatable bonds is 14. The second-order valence-corrected chi connectivity index (χ2v) is 13.8. The topological polar surface area (TPSA) is 160 Å². The molecule has 0 atom stereocenters. The van der Waals surface area contributed by atoms with E-state index in [-0.39, 0.29) is 53.7 Å². The van der Waals surface area contributed by atoms with E-state index < -0.39 is 0 Å². The van der Waals surface area contributed by atoms with Gasteiger partial charge in [0.05, 0.1) is 44.2 Å². The van der Waals surface area contributed by atoms with Gasteiger partial charge in [0.2, 0.25) is 0 Å². The van der Waals surface area contributed by atoms with Gasteiger partial charge in [0.25, 0.3) is 23.6 Å². The van der Waals surface area contributed by atoms with E-state index in [4.69, 9.17) is 18.9 Å². The van der Waals surface area contributed by atoms with Gasteiger partial charge in [0.15, 0.2) is 0 Å². The lowest BCUT2D eigenvalue weighted by atomic mass is 10.0. The zero-order chi connectivity index (χ0) is 40.0. The molecular weight excluding hydrogens is 784 g/mol. The molecule has 14 nitrogen and oxygen atoms in total. The highest BCUT2D eigenvalue weighted by Gasteiger charge is 2.22. The lowest BCUT2D eigenvalue weighted by Crippen LogP contribution is -2.41. The number of alkyl halides is 1. The lowest BCUT2D eigenvalue weighted by Gasteiger charge is -2.23. The average Bonchev–Trinajstić information content (AvgIpc) is 3.20. The number of fused-ring (bicyclic) bond motifs is 4. The number of benzene rings is 3. The molecule has 56 heavy (non-hydrogen) atoms. The molecule has 304 valence electrons. The van der Waals surface area contributed by atoms with Crippen LogP contribution in [0.25, 0.3) is 0 Å². The molecule has 4 bridgehead atoms. The summed E-state index contributed by atoms with van der Waals surface area (Å²) in [4.78, 5) is 58.2. The number of nitrogens with one attached hydrogen (secondary N) is 4. The van der Waals surface area contributed by atoms with Crippen molar-refractivity contribution in [1.29, 1.82) is 0 Å². The third kappa shape index (κ3) is 14.6. The van der Waals surface area contributed by atoms with Crippen LogP contribution in [0.2, 0.25) is 0 Å². The Balaban J connectivity index is 1.54. The van der Waals surface area contributed by atoms with Gasteiger partial charge in [0, 0.05) is 89.0 Å². The largest absolute Gasteiger partial charge is 0.487 e. The van der Waals surface area contributed by atoms with Crippen LogP contribution in [0.15, 0.2) is 66.7 Å². The van der Waals surface area contributed by atoms with Crippen LogP contribution in [0.5, 0.6) is 5.75 Å². The standard InChI is InChI=1S/C41H55BrN6O8/c1-31-33-10-6-11-34(31)39(50)44-17-22-48(24-25-54-28-29-55-27-26-53-2)23-18-46-41(52)36-13-7-12-35(37(36)56-30-32-8-4-3-5-9-32)40(51)45-16-21-47(19-14-42)20-15-43-38(33)49/h3-13H,14-30H2,1-2H3,(H,43,49)(H,44,50)(H,45,51)(H,46,52). The third-order valence-electron chi connectivity index (χ3n) is 9.16. The Hall–Kier alpha value is -4.38. The highest BCUT2D eigenvalue weighted by Crippen LogP contribution is 2.26. The first-order valence-corrected chi connectivity index (χ1v) is 20.1. The molecule has 4 amide bonds. The Labute approximate surface area is 338 Å². The van der Waals surface area contributed by atoms with Gasteiger partial charge in [-0.3, -0.25) is 29.0 Å². The minimum absolute atomic E-state index is 0.163. The van der Waals surface area contributed by atoms with Gasteiger partial charge < -0.3 is 40.2 Å². The van der Waals surface area contributed by atoms with Gasteiger partial charge in [-0.25, -0.2) is 0 Å². The Bertz CT molecular complexity index is 1700. The molecule has 1 aliphatic rings. The summed E-state index contributed by atoms with van der Waals surface area (Å²) >= 11 is 3.50. The van der Waals surface area contributed by atoms with Crippen molar-refractivity contribution in [3.8, 4) is 5.75 Å². The van der Waals surface area contributed by atoms with E-state index in [0.29, 0.717) is 114 Å². The van der Waals surface area contributed by atoms with Crippen LogP contribution in [-0.2, 0) is 20.8 Å². The van der Waals surface area contributed by atoms with Crippen molar-refractivity contribution in [2.45, 2.75) is 13.5 Å². The molecule has 0 spiro atoms. The van der Waals surface area contributed by atoms with E-state index in [1.165, 1.54) is 0 Å². The number of hydrogen-bond donors (Lipinski definition) is 4. The Morgan fingerprint density at radius 3 is 1.52 bits per heavy atom. The minimum Gasteiger partial charge on any atom is -0.487 e. The van der Waals surface area contributed by atoms with Gasteiger partial charge in [-0.2, -0.15) is 0 Å². The first-order valence-electron chi connectivity index (χ1n) is 19.0. The van der Waals surface area contributed by atoms with Crippen LogP contribution in [-0.4, -0.2) is 144 Å². The average molecular weight is 840 g/mol. The summed E-state index contributed by atoms with van der Waals surface area (Å²) in [6, 6.07) is 19.6. The Morgan fingerprint density at radius 1 is 0.571 bits per heavy atom. The summed E-state index contributed by atoms with van der Waals surface area (Å²) in [5.74, 6) is -1.09. The molecule has 15 heteroatoms. The zero-order valence-corrected chi connectivity index (χ0v) is 34.0. The van der Waals surface area contributed by atoms with Gasteiger partial charge >= 0.3 is 0 Å². The molecule has 0 saturated heterocycles. The molecule has 3 aromatic rings. The van der Waals surface area contributed by atoms with Crippen LogP contribution < -0.4 is 26.0 Å². The summed E-state index contributed by atoms with van der Waals surface area (Å²) < 4.78 is 22.5. The van der Waals surface area contributed by atoms with Crippen molar-refractivity contribution < 1.29 is 38.1 Å². The molecule has 4 rings (SSSR count). The van der Waals surface area contributed by atoms with Gasteiger partial charge in [-0.1, -0.05) is 58.4 Å². The van der Waals surface area contributed by atoms with E-state index >= 15 is 0 Å². The summed E-state index contributed by atoms with van der Waals surface area (Å²) in [6.45, 7) is 8.70. The van der Waals surface area contributed by atoms with Crippen LogP contribution in [0.4, 0.5) is 0 Å². The first-order chi connectivity index (χ1) is 27.3. The zero-order valence-electron chi connectivity index (χ0n) is 32.4. The fraction of sp³-hybridized carbons (Fsp3) is 0.463. The second kappa shape index (κ2) is 25.0. The van der Waals surface area contributed by atoms with Crippen molar-refractivity contribution >= 4 is 39.6 Å². The number of ether oxygens (including phenoxy) is 4. The van der Waals surface area contributed by atoms with Crippen LogP contribution in [0.1, 0.15) is 52.6 Å². The predicted molar refractivity (Wildman–Crippen MR) is 218 cm³/mol. The fourth-order valence-corrected chi connectivity index (χ4v) is 6.55. The number of amides is 4. The van der Waals surface area contributed by atoms with Crippen molar-refractivity contribution in [2.24, 2.45) is 0 Å². The van der Waals surface area contributed by atoms with E-state index in [1.54, 1.807) is 50.4 Å². The maximum atomic E-state index is 13.7. The van der Waals surface area contributed by atoms with Gasteiger partial charge in [-0.15, -0.1) is 0 Å². The van der Waals surface area contributed by atoms with Gasteiger partial charge in [-0.05, 0) is 42.3 Å². The molecule has 0 aromatic heterocycles. The van der Waals surface area contributed by atoms with Crippen molar-refractivity contribution in [1.82, 2.24) is 31.1 Å². The Morgan fingerprint density at radius 2 is 1.02 bits per heavy atom.